The van der Waals surface area contributed by atoms with Gasteiger partial charge in [-0.25, -0.2) is 9.37 Å². The number of nitrogens with zero attached hydrogens (tertiary/aromatic N) is 3. The number of carbonyl (C=O) groups excluding carboxylic acids is 2. The number of anilines is 2. The van der Waals surface area contributed by atoms with Gasteiger partial charge in [-0.2, -0.15) is 0 Å². The lowest BCUT2D eigenvalue weighted by atomic mass is 10.2. The maximum atomic E-state index is 13.8. The quantitative estimate of drug-likeness (QED) is 0.338. The fraction of sp³-hybridized carbons (Fsp3) is 0.0833. The van der Waals surface area contributed by atoms with Gasteiger partial charge < -0.3 is 10.2 Å². The molecule has 0 saturated carbocycles. The molecule has 0 aliphatic carbocycles. The maximum absolute atomic E-state index is 13.8. The Morgan fingerprint density at radius 1 is 1.09 bits per heavy atom. The minimum atomic E-state index is -0.612. The summed E-state index contributed by atoms with van der Waals surface area (Å²) in [5.74, 6) is -1.31. The van der Waals surface area contributed by atoms with E-state index in [9.17, 15) is 18.8 Å². The molecule has 0 saturated heterocycles. The van der Waals surface area contributed by atoms with Crippen molar-refractivity contribution in [2.24, 2.45) is 0 Å². The van der Waals surface area contributed by atoms with Crippen molar-refractivity contribution in [2.45, 2.75) is 5.16 Å². The Labute approximate surface area is 202 Å². The van der Waals surface area contributed by atoms with E-state index < -0.39 is 5.82 Å². The van der Waals surface area contributed by atoms with E-state index in [2.05, 4.69) is 10.3 Å². The molecule has 7 nitrogen and oxygen atoms in total. The molecular weight excluding hydrogens is 479 g/mol. The summed E-state index contributed by atoms with van der Waals surface area (Å²) >= 11 is 7.01. The van der Waals surface area contributed by atoms with Crippen LogP contribution in [0.25, 0.3) is 16.6 Å². The van der Waals surface area contributed by atoms with Crippen LogP contribution in [0.15, 0.2) is 76.7 Å². The van der Waals surface area contributed by atoms with Gasteiger partial charge in [-0.15, -0.1) is 0 Å². The van der Waals surface area contributed by atoms with Crippen LogP contribution in [0.4, 0.5) is 15.8 Å². The second-order valence-electron chi connectivity index (χ2n) is 7.48. The number of rotatable bonds is 4. The maximum Gasteiger partial charge on any atom is 0.266 e. The van der Waals surface area contributed by atoms with E-state index in [0.717, 1.165) is 11.8 Å². The van der Waals surface area contributed by atoms with Crippen LogP contribution >= 0.6 is 23.4 Å². The highest BCUT2D eigenvalue weighted by molar-refractivity contribution is 7.99. The van der Waals surface area contributed by atoms with Gasteiger partial charge in [0.25, 0.3) is 5.56 Å². The van der Waals surface area contributed by atoms with Crippen molar-refractivity contribution >= 4 is 57.5 Å². The molecule has 0 unspecified atom stereocenters. The third-order valence-electron chi connectivity index (χ3n) is 5.30. The van der Waals surface area contributed by atoms with Crippen molar-refractivity contribution in [3.05, 3.63) is 87.9 Å². The van der Waals surface area contributed by atoms with Gasteiger partial charge in [0.05, 0.1) is 38.7 Å². The zero-order chi connectivity index (χ0) is 23.8. The van der Waals surface area contributed by atoms with Crippen LogP contribution in [0.3, 0.4) is 0 Å². The molecule has 170 valence electrons. The molecule has 0 bridgehead atoms. The van der Waals surface area contributed by atoms with Crippen molar-refractivity contribution in [3.8, 4) is 5.69 Å². The lowest BCUT2D eigenvalue weighted by Gasteiger charge is -2.29. The minimum absolute atomic E-state index is 0.0820. The van der Waals surface area contributed by atoms with Gasteiger partial charge >= 0.3 is 0 Å². The second kappa shape index (κ2) is 8.92. The molecule has 0 radical (unpaired) electrons. The topological polar surface area (TPSA) is 84.3 Å². The number of thioether (sulfide) groups is 1. The minimum Gasteiger partial charge on any atom is -0.323 e. The van der Waals surface area contributed by atoms with E-state index in [4.69, 9.17) is 11.6 Å². The first-order valence-corrected chi connectivity index (χ1v) is 11.6. The molecule has 3 aromatic carbocycles. The zero-order valence-electron chi connectivity index (χ0n) is 17.5. The number of hydrogen-bond donors (Lipinski definition) is 1. The number of amides is 2. The first-order chi connectivity index (χ1) is 16.4. The van der Waals surface area contributed by atoms with Crippen LogP contribution in [0, 0.1) is 5.82 Å². The molecule has 1 N–H and O–H groups in total. The van der Waals surface area contributed by atoms with Crippen LogP contribution < -0.4 is 15.8 Å². The summed E-state index contributed by atoms with van der Waals surface area (Å²) in [4.78, 5) is 44.5. The summed E-state index contributed by atoms with van der Waals surface area (Å²) < 4.78 is 15.1. The molecule has 5 rings (SSSR count). The lowest BCUT2D eigenvalue weighted by Crippen LogP contribution is -2.43. The first-order valence-electron chi connectivity index (χ1n) is 10.2. The fourth-order valence-corrected chi connectivity index (χ4v) is 4.78. The van der Waals surface area contributed by atoms with Crippen molar-refractivity contribution < 1.29 is 14.0 Å². The fourth-order valence-electron chi connectivity index (χ4n) is 3.72. The Morgan fingerprint density at radius 2 is 1.85 bits per heavy atom. The van der Waals surface area contributed by atoms with Crippen molar-refractivity contribution in [1.82, 2.24) is 9.55 Å². The third-order valence-corrected chi connectivity index (χ3v) is 6.52. The molecule has 0 spiro atoms. The summed E-state index contributed by atoms with van der Waals surface area (Å²) in [5.41, 5.74) is 1.58. The van der Waals surface area contributed by atoms with E-state index in [1.54, 1.807) is 48.5 Å². The highest BCUT2D eigenvalue weighted by Crippen LogP contribution is 2.30. The molecule has 1 aliphatic rings. The SMILES string of the molecule is O=C1CN(C(=O)CSc2nc3ccccc3c(=O)n2-c2ccc(F)c(Cl)c2)c2ccccc2N1. The molecule has 2 amide bonds. The average molecular weight is 495 g/mol. The van der Waals surface area contributed by atoms with E-state index in [1.807, 2.05) is 0 Å². The van der Waals surface area contributed by atoms with Gasteiger partial charge in [0, 0.05) is 0 Å². The number of benzene rings is 3. The Hall–Kier alpha value is -3.69. The predicted octanol–water partition coefficient (Wildman–Crippen LogP) is 4.26. The second-order valence-corrected chi connectivity index (χ2v) is 8.83. The molecular formula is C24H16ClFN4O3S. The van der Waals surface area contributed by atoms with Crippen LogP contribution in [0.2, 0.25) is 5.02 Å². The molecule has 1 aromatic heterocycles. The summed E-state index contributed by atoms with van der Waals surface area (Å²) in [7, 11) is 0. The van der Waals surface area contributed by atoms with Gasteiger partial charge in [0.15, 0.2) is 5.16 Å². The molecule has 1 aliphatic heterocycles. The molecule has 4 aromatic rings. The Morgan fingerprint density at radius 3 is 2.68 bits per heavy atom. The summed E-state index contributed by atoms with van der Waals surface area (Å²) in [6.07, 6.45) is 0. The van der Waals surface area contributed by atoms with Crippen LogP contribution in [0.1, 0.15) is 0 Å². The molecule has 0 fully saturated rings. The standard InChI is InChI=1S/C24H16ClFN4O3S/c25-16-11-14(9-10-17(16)26)30-23(33)15-5-1-2-6-18(15)28-24(30)34-13-22(32)29-12-21(31)27-19-7-3-4-8-20(19)29/h1-11H,12-13H2,(H,27,31). The predicted molar refractivity (Wildman–Crippen MR) is 130 cm³/mol. The van der Waals surface area contributed by atoms with E-state index in [-0.39, 0.29) is 39.9 Å². The van der Waals surface area contributed by atoms with E-state index in [1.165, 1.54) is 27.7 Å². The number of halogens is 2. The highest BCUT2D eigenvalue weighted by atomic mass is 35.5. The van der Waals surface area contributed by atoms with Crippen LogP contribution in [-0.2, 0) is 9.59 Å². The summed E-state index contributed by atoms with van der Waals surface area (Å²) in [6.45, 7) is -0.109. The van der Waals surface area contributed by atoms with Gasteiger partial charge in [-0.3, -0.25) is 19.0 Å². The van der Waals surface area contributed by atoms with Crippen molar-refractivity contribution in [2.75, 3.05) is 22.5 Å². The van der Waals surface area contributed by atoms with Gasteiger partial charge in [0.1, 0.15) is 12.4 Å². The summed E-state index contributed by atoms with van der Waals surface area (Å²) in [5, 5.41) is 3.23. The number of para-hydroxylation sites is 3. The largest absolute Gasteiger partial charge is 0.323 e. The highest BCUT2D eigenvalue weighted by Gasteiger charge is 2.27. The molecule has 34 heavy (non-hydrogen) atoms. The first kappa shape index (κ1) is 22.1. The Balaban J connectivity index is 1.53. The molecule has 2 heterocycles. The molecule has 0 atom stereocenters. The third kappa shape index (κ3) is 4.04. The number of aromatic nitrogens is 2. The lowest BCUT2D eigenvalue weighted by molar-refractivity contribution is -0.120. The average Bonchev–Trinajstić information content (AvgIpc) is 2.84. The van der Waals surface area contributed by atoms with E-state index >= 15 is 0 Å². The van der Waals surface area contributed by atoms with Crippen LogP contribution in [0.5, 0.6) is 0 Å². The van der Waals surface area contributed by atoms with Gasteiger partial charge in [-0.05, 0) is 42.5 Å². The summed E-state index contributed by atoms with van der Waals surface area (Å²) in [6, 6.07) is 17.8. The van der Waals surface area contributed by atoms with E-state index in [0.29, 0.717) is 28.0 Å². The number of fused-ring (bicyclic) bond motifs is 2. The Bertz CT molecular complexity index is 1520. The van der Waals surface area contributed by atoms with Gasteiger partial charge in [-0.1, -0.05) is 47.6 Å². The van der Waals surface area contributed by atoms with Crippen molar-refractivity contribution in [3.63, 3.8) is 0 Å². The zero-order valence-corrected chi connectivity index (χ0v) is 19.1. The number of nitrogens with one attached hydrogen (secondary N) is 1. The number of hydrogen-bond acceptors (Lipinski definition) is 5. The normalized spacial score (nSPS) is 13.0. The smallest absolute Gasteiger partial charge is 0.266 e. The van der Waals surface area contributed by atoms with Crippen molar-refractivity contribution in [1.29, 1.82) is 0 Å². The monoisotopic (exact) mass is 494 g/mol. The van der Waals surface area contributed by atoms with Gasteiger partial charge in [0.2, 0.25) is 11.8 Å². The Kier molecular flexibility index (Phi) is 5.80. The molecule has 10 heteroatoms. The van der Waals surface area contributed by atoms with Crippen LogP contribution in [-0.4, -0.2) is 33.7 Å². The number of carbonyl (C=O) groups is 2.